The molecule has 2 rings (SSSR count). The van der Waals surface area contributed by atoms with Crippen LogP contribution < -0.4 is 10.4 Å². The van der Waals surface area contributed by atoms with Gasteiger partial charge in [-0.1, -0.05) is 29.8 Å². The Bertz CT molecular complexity index is 943. The molecule has 8 nitrogen and oxygen atoms in total. The molecular weight excluding hydrogens is 344 g/mol. The second kappa shape index (κ2) is 6.39. The molecule has 0 aliphatic rings. The van der Waals surface area contributed by atoms with Crippen LogP contribution in [-0.4, -0.2) is 28.8 Å². The minimum absolute atomic E-state index is 0.0456. The van der Waals surface area contributed by atoms with Crippen molar-refractivity contribution in [2.75, 3.05) is 0 Å². The number of nitrogens with zero attached hydrogens (tertiary/aromatic N) is 3. The molecule has 0 fully saturated rings. The second-order valence-corrected chi connectivity index (χ2v) is 6.51. The molecule has 2 aromatic rings. The third kappa shape index (κ3) is 3.35. The number of carbonyl (C=O) groups is 1. The Labute approximate surface area is 137 Å². The lowest BCUT2D eigenvalue weighted by Crippen LogP contribution is -2.40. The fourth-order valence-corrected chi connectivity index (χ4v) is 3.20. The first-order valence-corrected chi connectivity index (χ1v) is 8.24. The van der Waals surface area contributed by atoms with Crippen LogP contribution >= 0.6 is 11.6 Å². The van der Waals surface area contributed by atoms with E-state index in [4.69, 9.17) is 11.6 Å². The largest absolute Gasteiger partial charge is 0.360 e. The molecule has 1 aromatic carbocycles. The van der Waals surface area contributed by atoms with E-state index in [0.717, 1.165) is 4.57 Å². The number of amides is 1. The standard InChI is InChI=1S/C13H13ClN4O4S/c1-3-6-11-15-18(13(20)17(11)2)12(19)16-23(21,22)10-8-5-4-7-9(10)14/h3-8H,1-2H3,(H,16,19)/b6-3-. The molecule has 122 valence electrons. The summed E-state index contributed by atoms with van der Waals surface area (Å²) < 4.78 is 27.7. The fraction of sp³-hybridized carbons (Fsp3) is 0.154. The Morgan fingerprint density at radius 2 is 2.00 bits per heavy atom. The Morgan fingerprint density at radius 3 is 2.61 bits per heavy atom. The van der Waals surface area contributed by atoms with Crippen molar-refractivity contribution in [2.45, 2.75) is 11.8 Å². The summed E-state index contributed by atoms with van der Waals surface area (Å²) in [6, 6.07) is 4.43. The topological polar surface area (TPSA) is 103 Å². The maximum Gasteiger partial charge on any atom is 0.360 e. The van der Waals surface area contributed by atoms with Crippen LogP contribution in [0.5, 0.6) is 0 Å². The summed E-state index contributed by atoms with van der Waals surface area (Å²) in [5.41, 5.74) is -0.773. The van der Waals surface area contributed by atoms with Crippen molar-refractivity contribution in [3.8, 4) is 0 Å². The Morgan fingerprint density at radius 1 is 1.35 bits per heavy atom. The normalized spacial score (nSPS) is 11.8. The van der Waals surface area contributed by atoms with Gasteiger partial charge in [0.25, 0.3) is 10.0 Å². The molecule has 0 bridgehead atoms. The number of benzene rings is 1. The molecule has 0 unspecified atom stereocenters. The molecular formula is C13H13ClN4O4S. The molecule has 1 amide bonds. The summed E-state index contributed by atoms with van der Waals surface area (Å²) in [6.45, 7) is 1.71. The van der Waals surface area contributed by atoms with Crippen LogP contribution in [0.15, 0.2) is 40.0 Å². The highest BCUT2D eigenvalue weighted by Gasteiger charge is 2.23. The van der Waals surface area contributed by atoms with Crippen molar-refractivity contribution in [1.82, 2.24) is 19.1 Å². The van der Waals surface area contributed by atoms with Crippen LogP contribution in [-0.2, 0) is 17.1 Å². The molecule has 0 radical (unpaired) electrons. The molecule has 0 saturated carbocycles. The quantitative estimate of drug-likeness (QED) is 0.890. The van der Waals surface area contributed by atoms with E-state index in [1.165, 1.54) is 31.3 Å². The van der Waals surface area contributed by atoms with Gasteiger partial charge in [0.05, 0.1) is 5.02 Å². The Hall–Kier alpha value is -2.39. The number of allylic oxidation sites excluding steroid dienone is 1. The monoisotopic (exact) mass is 356 g/mol. The molecule has 0 aliphatic carbocycles. The molecule has 0 saturated heterocycles. The van der Waals surface area contributed by atoms with Crippen LogP contribution in [0.4, 0.5) is 4.79 Å². The van der Waals surface area contributed by atoms with E-state index in [2.05, 4.69) is 5.10 Å². The maximum absolute atomic E-state index is 12.2. The van der Waals surface area contributed by atoms with Gasteiger partial charge in [-0.2, -0.15) is 0 Å². The number of nitrogens with one attached hydrogen (secondary N) is 1. The smallest absolute Gasteiger partial charge is 0.278 e. The van der Waals surface area contributed by atoms with Gasteiger partial charge in [-0.3, -0.25) is 4.57 Å². The van der Waals surface area contributed by atoms with Crippen molar-refractivity contribution in [3.63, 3.8) is 0 Å². The van der Waals surface area contributed by atoms with Crippen LogP contribution in [0, 0.1) is 0 Å². The zero-order valence-electron chi connectivity index (χ0n) is 12.2. The maximum atomic E-state index is 12.2. The zero-order chi connectivity index (χ0) is 17.2. The molecule has 0 spiro atoms. The Balaban J connectivity index is 2.38. The van der Waals surface area contributed by atoms with Gasteiger partial charge in [0.15, 0.2) is 5.82 Å². The molecule has 1 N–H and O–H groups in total. The minimum atomic E-state index is -4.23. The zero-order valence-corrected chi connectivity index (χ0v) is 13.8. The highest BCUT2D eigenvalue weighted by molar-refractivity contribution is 7.90. The average molecular weight is 357 g/mol. The van der Waals surface area contributed by atoms with Gasteiger partial charge in [-0.15, -0.1) is 9.78 Å². The van der Waals surface area contributed by atoms with E-state index in [1.54, 1.807) is 23.8 Å². The molecule has 1 aromatic heterocycles. The van der Waals surface area contributed by atoms with Crippen LogP contribution in [0.1, 0.15) is 12.7 Å². The summed E-state index contributed by atoms with van der Waals surface area (Å²) in [6.07, 6.45) is 3.14. The summed E-state index contributed by atoms with van der Waals surface area (Å²) >= 11 is 5.81. The summed E-state index contributed by atoms with van der Waals surface area (Å²) in [7, 11) is -2.82. The van der Waals surface area contributed by atoms with Crippen molar-refractivity contribution >= 4 is 33.7 Å². The third-order valence-electron chi connectivity index (χ3n) is 2.87. The lowest BCUT2D eigenvalue weighted by molar-refractivity contribution is 0.243. The number of sulfonamides is 1. The summed E-state index contributed by atoms with van der Waals surface area (Å²) in [5, 5.41) is 3.72. The number of aromatic nitrogens is 3. The lowest BCUT2D eigenvalue weighted by Gasteiger charge is -2.07. The number of hydrogen-bond acceptors (Lipinski definition) is 5. The highest BCUT2D eigenvalue weighted by atomic mass is 35.5. The van der Waals surface area contributed by atoms with Gasteiger partial charge in [0, 0.05) is 7.05 Å². The van der Waals surface area contributed by atoms with Crippen molar-refractivity contribution < 1.29 is 13.2 Å². The van der Waals surface area contributed by atoms with E-state index < -0.39 is 21.7 Å². The van der Waals surface area contributed by atoms with Crippen molar-refractivity contribution in [2.24, 2.45) is 7.05 Å². The van der Waals surface area contributed by atoms with Crippen molar-refractivity contribution in [3.05, 3.63) is 51.7 Å². The molecule has 23 heavy (non-hydrogen) atoms. The average Bonchev–Trinajstić information content (AvgIpc) is 2.76. The predicted octanol–water partition coefficient (Wildman–Crippen LogP) is 1.21. The van der Waals surface area contributed by atoms with Crippen LogP contribution in [0.3, 0.4) is 0 Å². The lowest BCUT2D eigenvalue weighted by atomic mass is 10.4. The van der Waals surface area contributed by atoms with Crippen LogP contribution in [0.2, 0.25) is 5.02 Å². The highest BCUT2D eigenvalue weighted by Crippen LogP contribution is 2.20. The molecule has 10 heteroatoms. The molecule has 0 atom stereocenters. The predicted molar refractivity (Wildman–Crippen MR) is 84.7 cm³/mol. The number of rotatable bonds is 3. The number of carbonyl (C=O) groups excluding carboxylic acids is 1. The van der Waals surface area contributed by atoms with E-state index in [-0.39, 0.29) is 15.7 Å². The first kappa shape index (κ1) is 17.0. The summed E-state index contributed by atoms with van der Waals surface area (Å²) in [4.78, 5) is 23.7. The van der Waals surface area contributed by atoms with Crippen molar-refractivity contribution in [1.29, 1.82) is 0 Å². The van der Waals surface area contributed by atoms with Gasteiger partial charge in [0.1, 0.15) is 4.90 Å². The van der Waals surface area contributed by atoms with E-state index >= 15 is 0 Å². The molecule has 1 heterocycles. The minimum Gasteiger partial charge on any atom is -0.278 e. The van der Waals surface area contributed by atoms with Gasteiger partial charge < -0.3 is 0 Å². The van der Waals surface area contributed by atoms with E-state index in [1.807, 2.05) is 0 Å². The number of hydrogen-bond donors (Lipinski definition) is 1. The van der Waals surface area contributed by atoms with Gasteiger partial charge in [-0.25, -0.2) is 22.7 Å². The Kier molecular flexibility index (Phi) is 4.71. The SMILES string of the molecule is C/C=C\c1nn(C(=O)NS(=O)(=O)c2ccccc2Cl)c(=O)n1C. The van der Waals surface area contributed by atoms with E-state index in [0.29, 0.717) is 4.68 Å². The third-order valence-corrected chi connectivity index (χ3v) is 4.69. The van der Waals surface area contributed by atoms with Gasteiger partial charge in [0.2, 0.25) is 0 Å². The van der Waals surface area contributed by atoms with Gasteiger partial charge >= 0.3 is 11.7 Å². The number of halogens is 1. The van der Waals surface area contributed by atoms with Gasteiger partial charge in [-0.05, 0) is 25.1 Å². The molecule has 0 aliphatic heterocycles. The first-order chi connectivity index (χ1) is 10.8. The van der Waals surface area contributed by atoms with Crippen LogP contribution in [0.25, 0.3) is 6.08 Å². The summed E-state index contributed by atoms with van der Waals surface area (Å²) in [5.74, 6) is 0.211. The van der Waals surface area contributed by atoms with E-state index in [9.17, 15) is 18.0 Å². The fourth-order valence-electron chi connectivity index (χ4n) is 1.75. The first-order valence-electron chi connectivity index (χ1n) is 6.38. The second-order valence-electron chi connectivity index (χ2n) is 4.45.